The van der Waals surface area contributed by atoms with Gasteiger partial charge >= 0.3 is 0 Å². The molecule has 1 nitrogen and oxygen atoms in total. The van der Waals surface area contributed by atoms with E-state index in [0.717, 1.165) is 19.1 Å². The first-order valence-electron chi connectivity index (χ1n) is 5.14. The molecule has 0 aromatic heterocycles. The molecule has 0 N–H and O–H groups in total. The highest BCUT2D eigenvalue weighted by atomic mass is 16.5. The Kier molecular flexibility index (Phi) is 3.00. The molecule has 14 heavy (non-hydrogen) atoms. The van der Waals surface area contributed by atoms with Crippen molar-refractivity contribution in [1.82, 2.24) is 0 Å². The van der Waals surface area contributed by atoms with Crippen molar-refractivity contribution in [2.45, 2.75) is 13.0 Å². The zero-order valence-electron chi connectivity index (χ0n) is 8.36. The second-order valence-electron chi connectivity index (χ2n) is 3.90. The lowest BCUT2D eigenvalue weighted by Gasteiger charge is -2.02. The summed E-state index contributed by atoms with van der Waals surface area (Å²) in [5.41, 5.74) is 1.25. The lowest BCUT2D eigenvalue weighted by Crippen LogP contribution is -1.97. The third-order valence-electron chi connectivity index (χ3n) is 2.72. The monoisotopic (exact) mass is 188 g/mol. The topological polar surface area (TPSA) is 9.23 Å². The minimum absolute atomic E-state index is 0.714. The fourth-order valence-corrected chi connectivity index (χ4v) is 1.65. The normalized spacial score (nSPS) is 24.6. The summed E-state index contributed by atoms with van der Waals surface area (Å²) >= 11 is 0. The van der Waals surface area contributed by atoms with Crippen molar-refractivity contribution in [2.24, 2.45) is 11.8 Å². The molecule has 1 saturated carbocycles. The number of hydrogen-bond acceptors (Lipinski definition) is 1. The number of benzene rings is 1. The Morgan fingerprint density at radius 2 is 2.14 bits per heavy atom. The van der Waals surface area contributed by atoms with E-state index in [0.29, 0.717) is 5.92 Å². The molecule has 0 amide bonds. The molecule has 1 aromatic carbocycles. The van der Waals surface area contributed by atoms with Gasteiger partial charge in [0.2, 0.25) is 0 Å². The SMILES string of the molecule is C=C[C@@H]1C[C@H]1COCc1ccccc1. The zero-order valence-corrected chi connectivity index (χ0v) is 8.36. The van der Waals surface area contributed by atoms with Crippen molar-refractivity contribution in [3.8, 4) is 0 Å². The largest absolute Gasteiger partial charge is 0.376 e. The molecule has 2 rings (SSSR count). The Hall–Kier alpha value is -1.08. The van der Waals surface area contributed by atoms with Crippen LogP contribution in [0.2, 0.25) is 0 Å². The summed E-state index contributed by atoms with van der Waals surface area (Å²) in [6.45, 7) is 5.40. The van der Waals surface area contributed by atoms with Gasteiger partial charge in [0.05, 0.1) is 13.2 Å². The number of ether oxygens (including phenoxy) is 1. The van der Waals surface area contributed by atoms with E-state index in [9.17, 15) is 0 Å². The van der Waals surface area contributed by atoms with Crippen LogP contribution in [0, 0.1) is 11.8 Å². The van der Waals surface area contributed by atoms with E-state index in [2.05, 4.69) is 18.7 Å². The zero-order chi connectivity index (χ0) is 9.80. The smallest absolute Gasteiger partial charge is 0.0717 e. The van der Waals surface area contributed by atoms with Gasteiger partial charge in [-0.1, -0.05) is 36.4 Å². The van der Waals surface area contributed by atoms with Crippen LogP contribution in [0.15, 0.2) is 43.0 Å². The van der Waals surface area contributed by atoms with Gasteiger partial charge in [0.25, 0.3) is 0 Å². The van der Waals surface area contributed by atoms with E-state index >= 15 is 0 Å². The third kappa shape index (κ3) is 2.46. The molecule has 0 unspecified atom stereocenters. The van der Waals surface area contributed by atoms with Gasteiger partial charge in [0.15, 0.2) is 0 Å². The third-order valence-corrected chi connectivity index (χ3v) is 2.72. The van der Waals surface area contributed by atoms with Crippen molar-refractivity contribution in [3.63, 3.8) is 0 Å². The molecule has 0 saturated heterocycles. The minimum Gasteiger partial charge on any atom is -0.376 e. The molecule has 0 heterocycles. The average Bonchev–Trinajstić information content (AvgIpc) is 2.98. The van der Waals surface area contributed by atoms with Gasteiger partial charge in [-0.15, -0.1) is 6.58 Å². The van der Waals surface area contributed by atoms with Crippen molar-refractivity contribution in [2.75, 3.05) is 6.61 Å². The van der Waals surface area contributed by atoms with E-state index in [1.807, 2.05) is 24.3 Å². The summed E-state index contributed by atoms with van der Waals surface area (Å²) < 4.78 is 5.63. The molecule has 2 atom stereocenters. The highest BCUT2D eigenvalue weighted by molar-refractivity contribution is 5.13. The molecule has 1 fully saturated rings. The van der Waals surface area contributed by atoms with Crippen LogP contribution in [0.3, 0.4) is 0 Å². The number of rotatable bonds is 5. The quantitative estimate of drug-likeness (QED) is 0.645. The Morgan fingerprint density at radius 1 is 1.36 bits per heavy atom. The van der Waals surface area contributed by atoms with Crippen LogP contribution in [-0.4, -0.2) is 6.61 Å². The second-order valence-corrected chi connectivity index (χ2v) is 3.90. The van der Waals surface area contributed by atoms with Gasteiger partial charge in [0, 0.05) is 0 Å². The van der Waals surface area contributed by atoms with Crippen LogP contribution in [0.5, 0.6) is 0 Å². The standard InChI is InChI=1S/C13H16O/c1-2-12-8-13(12)10-14-9-11-6-4-3-5-7-11/h2-7,12-13H,1,8-10H2/t12-,13+/m1/s1. The number of allylic oxidation sites excluding steroid dienone is 1. The fourth-order valence-electron chi connectivity index (χ4n) is 1.65. The molecule has 1 aliphatic carbocycles. The Bertz CT molecular complexity index is 291. The van der Waals surface area contributed by atoms with Crippen LogP contribution in [0.25, 0.3) is 0 Å². The van der Waals surface area contributed by atoms with E-state index in [4.69, 9.17) is 4.74 Å². The summed E-state index contributed by atoms with van der Waals surface area (Å²) in [7, 11) is 0. The van der Waals surface area contributed by atoms with Crippen LogP contribution in [-0.2, 0) is 11.3 Å². The van der Waals surface area contributed by atoms with Gasteiger partial charge < -0.3 is 4.74 Å². The highest BCUT2D eigenvalue weighted by Gasteiger charge is 2.33. The number of hydrogen-bond donors (Lipinski definition) is 0. The maximum atomic E-state index is 5.63. The van der Waals surface area contributed by atoms with Crippen molar-refractivity contribution in [1.29, 1.82) is 0 Å². The Labute approximate surface area is 85.4 Å². The molecule has 1 heteroatoms. The summed E-state index contributed by atoms with van der Waals surface area (Å²) in [6.07, 6.45) is 3.30. The molecule has 74 valence electrons. The van der Waals surface area contributed by atoms with E-state index < -0.39 is 0 Å². The van der Waals surface area contributed by atoms with E-state index in [1.54, 1.807) is 0 Å². The fraction of sp³-hybridized carbons (Fsp3) is 0.385. The molecule has 0 spiro atoms. The first-order valence-corrected chi connectivity index (χ1v) is 5.14. The maximum absolute atomic E-state index is 5.63. The molecule has 0 bridgehead atoms. The van der Waals surface area contributed by atoms with Gasteiger partial charge in [-0.2, -0.15) is 0 Å². The van der Waals surface area contributed by atoms with Crippen molar-refractivity contribution >= 4 is 0 Å². The van der Waals surface area contributed by atoms with Gasteiger partial charge in [0.1, 0.15) is 0 Å². The summed E-state index contributed by atoms with van der Waals surface area (Å²) in [6, 6.07) is 10.3. The Balaban J connectivity index is 1.67. The molecule has 1 aliphatic rings. The lowest BCUT2D eigenvalue weighted by atomic mass is 10.2. The summed E-state index contributed by atoms with van der Waals surface area (Å²) in [5.74, 6) is 1.45. The van der Waals surface area contributed by atoms with Crippen LogP contribution >= 0.6 is 0 Å². The first kappa shape index (κ1) is 9.47. The van der Waals surface area contributed by atoms with Gasteiger partial charge in [-0.3, -0.25) is 0 Å². The average molecular weight is 188 g/mol. The molecular weight excluding hydrogens is 172 g/mol. The second kappa shape index (κ2) is 4.43. The molecule has 0 radical (unpaired) electrons. The predicted molar refractivity (Wildman–Crippen MR) is 57.9 cm³/mol. The van der Waals surface area contributed by atoms with Crippen LogP contribution < -0.4 is 0 Å². The van der Waals surface area contributed by atoms with Crippen molar-refractivity contribution in [3.05, 3.63) is 48.6 Å². The van der Waals surface area contributed by atoms with E-state index in [1.165, 1.54) is 12.0 Å². The molecular formula is C13H16O. The summed E-state index contributed by atoms with van der Waals surface area (Å²) in [4.78, 5) is 0. The van der Waals surface area contributed by atoms with Gasteiger partial charge in [-0.05, 0) is 23.8 Å². The predicted octanol–water partition coefficient (Wildman–Crippen LogP) is 3.03. The van der Waals surface area contributed by atoms with E-state index in [-0.39, 0.29) is 0 Å². The first-order chi connectivity index (χ1) is 6.90. The van der Waals surface area contributed by atoms with Gasteiger partial charge in [-0.25, -0.2) is 0 Å². The van der Waals surface area contributed by atoms with Crippen LogP contribution in [0.4, 0.5) is 0 Å². The highest BCUT2D eigenvalue weighted by Crippen LogP contribution is 2.39. The molecule has 1 aromatic rings. The lowest BCUT2D eigenvalue weighted by molar-refractivity contribution is 0.109. The molecule has 0 aliphatic heterocycles. The van der Waals surface area contributed by atoms with Crippen molar-refractivity contribution < 1.29 is 4.74 Å². The minimum atomic E-state index is 0.714. The maximum Gasteiger partial charge on any atom is 0.0717 e. The Morgan fingerprint density at radius 3 is 2.79 bits per heavy atom. The van der Waals surface area contributed by atoms with Crippen LogP contribution in [0.1, 0.15) is 12.0 Å². The summed E-state index contributed by atoms with van der Waals surface area (Å²) in [5, 5.41) is 0.